The molecule has 0 N–H and O–H groups in total. The average Bonchev–Trinajstić information content (AvgIpc) is 2.82. The lowest BCUT2D eigenvalue weighted by Crippen LogP contribution is -2.48. The number of carbonyl (C=O) groups excluding carboxylic acids is 1. The maximum absolute atomic E-state index is 12.5. The van der Waals surface area contributed by atoms with Crippen LogP contribution in [0.3, 0.4) is 0 Å². The normalized spacial score (nSPS) is 23.2. The van der Waals surface area contributed by atoms with E-state index >= 15 is 0 Å². The smallest absolute Gasteiger partial charge is 0.231 e. The predicted octanol–water partition coefficient (Wildman–Crippen LogP) is 0.890. The Kier molecular flexibility index (Phi) is 5.97. The number of amides is 1. The third kappa shape index (κ3) is 4.48. The minimum atomic E-state index is -3.12. The molecule has 28 heavy (non-hydrogen) atoms. The van der Waals surface area contributed by atoms with Crippen LogP contribution in [-0.4, -0.2) is 80.6 Å². The van der Waals surface area contributed by atoms with Gasteiger partial charge in [-0.15, -0.1) is 0 Å². The van der Waals surface area contributed by atoms with Crippen molar-refractivity contribution in [3.05, 3.63) is 6.07 Å². The van der Waals surface area contributed by atoms with E-state index in [-0.39, 0.29) is 23.7 Å². The minimum Gasteiger partial charge on any atom is -0.481 e. The maximum Gasteiger partial charge on any atom is 0.231 e. The first-order valence-electron chi connectivity index (χ1n) is 9.46. The van der Waals surface area contributed by atoms with Gasteiger partial charge in [0.2, 0.25) is 23.6 Å². The van der Waals surface area contributed by atoms with Crippen LogP contribution in [0.25, 0.3) is 0 Å². The van der Waals surface area contributed by atoms with Crippen LogP contribution in [0.5, 0.6) is 11.8 Å². The number of methoxy groups -OCH3 is 2. The van der Waals surface area contributed by atoms with Gasteiger partial charge in [0.25, 0.3) is 0 Å². The van der Waals surface area contributed by atoms with Gasteiger partial charge in [0.1, 0.15) is 9.84 Å². The van der Waals surface area contributed by atoms with Crippen molar-refractivity contribution in [3.63, 3.8) is 0 Å². The number of nitrogens with zero attached hydrogens (tertiary/aromatic N) is 4. The third-order valence-corrected chi connectivity index (χ3v) is 6.57. The van der Waals surface area contributed by atoms with Crippen molar-refractivity contribution in [1.29, 1.82) is 0 Å². The van der Waals surface area contributed by atoms with Gasteiger partial charge >= 0.3 is 0 Å². The summed E-state index contributed by atoms with van der Waals surface area (Å²) in [4.78, 5) is 25.2. The van der Waals surface area contributed by atoms with Crippen LogP contribution >= 0.6 is 0 Å². The molecule has 3 heterocycles. The number of anilines is 1. The molecule has 0 bridgehead atoms. The van der Waals surface area contributed by atoms with E-state index in [0.717, 1.165) is 32.2 Å². The molecule has 156 valence electrons. The van der Waals surface area contributed by atoms with Crippen molar-refractivity contribution in [2.24, 2.45) is 0 Å². The fourth-order valence-corrected chi connectivity index (χ4v) is 4.65. The molecule has 0 aromatic carbocycles. The van der Waals surface area contributed by atoms with Crippen molar-refractivity contribution < 1.29 is 22.7 Å². The summed E-state index contributed by atoms with van der Waals surface area (Å²) < 4.78 is 33.7. The molecule has 1 aromatic heterocycles. The van der Waals surface area contributed by atoms with E-state index in [0.29, 0.717) is 30.7 Å². The number of hydrogen-bond donors (Lipinski definition) is 0. The van der Waals surface area contributed by atoms with E-state index in [1.165, 1.54) is 6.26 Å². The third-order valence-electron chi connectivity index (χ3n) is 5.65. The standard InChI is InChI=1S/C18H28N4O5S/c1-26-14-13-15(27-2)20-17(19-14)21-9-4-6-18(8-10-21)7-5-16(23)22(18)11-12-28(3,24)25/h13H,4-12H2,1-3H3/t18-/m0/s1. The van der Waals surface area contributed by atoms with Crippen LogP contribution in [0, 0.1) is 0 Å². The van der Waals surface area contributed by atoms with Gasteiger partial charge in [-0.3, -0.25) is 4.79 Å². The van der Waals surface area contributed by atoms with Crippen LogP contribution in [0.2, 0.25) is 0 Å². The first-order chi connectivity index (χ1) is 13.3. The lowest BCUT2D eigenvalue weighted by atomic mass is 9.88. The Morgan fingerprint density at radius 3 is 2.39 bits per heavy atom. The Labute approximate surface area is 166 Å². The van der Waals surface area contributed by atoms with Gasteiger partial charge in [-0.1, -0.05) is 0 Å². The van der Waals surface area contributed by atoms with E-state index in [9.17, 15) is 13.2 Å². The van der Waals surface area contributed by atoms with Crippen LogP contribution in [0.15, 0.2) is 6.07 Å². The second-order valence-corrected chi connectivity index (χ2v) is 9.75. The van der Waals surface area contributed by atoms with Crippen LogP contribution in [0.1, 0.15) is 32.1 Å². The molecule has 1 amide bonds. The Hall–Kier alpha value is -2.10. The highest BCUT2D eigenvalue weighted by molar-refractivity contribution is 7.90. The minimum absolute atomic E-state index is 0.000395. The first-order valence-corrected chi connectivity index (χ1v) is 11.5. The average molecular weight is 413 g/mol. The number of likely N-dealkylation sites (tertiary alicyclic amines) is 1. The Morgan fingerprint density at radius 1 is 1.11 bits per heavy atom. The molecule has 2 aliphatic heterocycles. The zero-order valence-electron chi connectivity index (χ0n) is 16.7. The number of rotatable bonds is 6. The van der Waals surface area contributed by atoms with Gasteiger partial charge in [0.05, 0.1) is 26.0 Å². The quantitative estimate of drug-likeness (QED) is 0.679. The molecule has 10 heteroatoms. The molecule has 9 nitrogen and oxygen atoms in total. The molecule has 0 aliphatic carbocycles. The van der Waals surface area contributed by atoms with Crippen LogP contribution < -0.4 is 14.4 Å². The second-order valence-electron chi connectivity index (χ2n) is 7.49. The van der Waals surface area contributed by atoms with E-state index in [4.69, 9.17) is 9.47 Å². The Balaban J connectivity index is 1.77. The Bertz CT molecular complexity index is 809. The molecule has 1 aromatic rings. The van der Waals surface area contributed by atoms with E-state index in [1.54, 1.807) is 20.3 Å². The summed E-state index contributed by atoms with van der Waals surface area (Å²) in [5.74, 6) is 1.47. The number of hydrogen-bond acceptors (Lipinski definition) is 8. The summed E-state index contributed by atoms with van der Waals surface area (Å²) in [7, 11) is -0.0239. The predicted molar refractivity (Wildman–Crippen MR) is 105 cm³/mol. The van der Waals surface area contributed by atoms with Crippen molar-refractivity contribution in [1.82, 2.24) is 14.9 Å². The fraction of sp³-hybridized carbons (Fsp3) is 0.722. The zero-order valence-corrected chi connectivity index (χ0v) is 17.5. The highest BCUT2D eigenvalue weighted by Gasteiger charge is 2.45. The summed E-state index contributed by atoms with van der Waals surface area (Å²) in [5.41, 5.74) is -0.278. The monoisotopic (exact) mass is 412 g/mol. The first kappa shape index (κ1) is 20.6. The van der Waals surface area contributed by atoms with E-state index in [1.807, 2.05) is 4.90 Å². The molecular formula is C18H28N4O5S. The summed E-state index contributed by atoms with van der Waals surface area (Å²) in [6, 6.07) is 1.63. The van der Waals surface area contributed by atoms with Crippen LogP contribution in [-0.2, 0) is 14.6 Å². The van der Waals surface area contributed by atoms with Crippen molar-refractivity contribution >= 4 is 21.7 Å². The largest absolute Gasteiger partial charge is 0.481 e. The topological polar surface area (TPSA) is 102 Å². The number of aromatic nitrogens is 2. The Morgan fingerprint density at radius 2 is 1.79 bits per heavy atom. The van der Waals surface area contributed by atoms with Crippen molar-refractivity contribution in [3.8, 4) is 11.8 Å². The van der Waals surface area contributed by atoms with Gasteiger partial charge in [0.15, 0.2) is 0 Å². The lowest BCUT2D eigenvalue weighted by molar-refractivity contribution is -0.131. The maximum atomic E-state index is 12.5. The lowest BCUT2D eigenvalue weighted by Gasteiger charge is -2.38. The molecule has 0 saturated carbocycles. The summed E-state index contributed by atoms with van der Waals surface area (Å²) in [6.07, 6.45) is 4.93. The van der Waals surface area contributed by atoms with Gasteiger partial charge in [-0.2, -0.15) is 9.97 Å². The summed E-state index contributed by atoms with van der Waals surface area (Å²) in [5, 5.41) is 0. The molecule has 2 aliphatic rings. The van der Waals surface area contributed by atoms with Gasteiger partial charge < -0.3 is 19.3 Å². The molecule has 1 spiro atoms. The van der Waals surface area contributed by atoms with Gasteiger partial charge in [-0.25, -0.2) is 8.42 Å². The zero-order chi connectivity index (χ0) is 20.4. The highest BCUT2D eigenvalue weighted by atomic mass is 32.2. The van der Waals surface area contributed by atoms with Crippen LogP contribution in [0.4, 0.5) is 5.95 Å². The van der Waals surface area contributed by atoms with Crippen molar-refractivity contribution in [2.45, 2.75) is 37.6 Å². The van der Waals surface area contributed by atoms with Crippen molar-refractivity contribution in [2.75, 3.05) is 50.8 Å². The molecule has 0 unspecified atom stereocenters. The number of ether oxygens (including phenoxy) is 2. The van der Waals surface area contributed by atoms with E-state index < -0.39 is 9.84 Å². The SMILES string of the molecule is COc1cc(OC)nc(N2CCC[C@]3(CCC(=O)N3CCS(C)(=O)=O)CC2)n1. The number of sulfone groups is 1. The second kappa shape index (κ2) is 8.10. The molecule has 3 rings (SSSR count). The molecule has 2 fully saturated rings. The van der Waals surface area contributed by atoms with Gasteiger partial charge in [0, 0.05) is 37.8 Å². The fourth-order valence-electron chi connectivity index (χ4n) is 4.13. The highest BCUT2D eigenvalue weighted by Crippen LogP contribution is 2.39. The molecule has 1 atom stereocenters. The molecular weight excluding hydrogens is 384 g/mol. The summed E-state index contributed by atoms with van der Waals surface area (Å²) in [6.45, 7) is 1.70. The molecule has 0 radical (unpaired) electrons. The molecule has 2 saturated heterocycles. The number of carbonyl (C=O) groups is 1. The summed E-state index contributed by atoms with van der Waals surface area (Å²) >= 11 is 0. The van der Waals surface area contributed by atoms with Gasteiger partial charge in [-0.05, 0) is 25.7 Å². The van der Waals surface area contributed by atoms with E-state index in [2.05, 4.69) is 14.9 Å².